The lowest BCUT2D eigenvalue weighted by molar-refractivity contribution is 0.0602. The van der Waals surface area contributed by atoms with Crippen molar-refractivity contribution in [2.45, 2.75) is 6.42 Å². The standard InChI is InChI=1S/C17H16N2O3/c1-21-14-7-5-12(6-8-14)10-13-11-19-9-3-4-15(16(19)18-13)17(20)22-2/h3-9,11H,10H2,1-2H3. The Bertz CT molecular complexity index is 806. The van der Waals surface area contributed by atoms with Gasteiger partial charge >= 0.3 is 5.97 Å². The molecule has 5 heteroatoms. The van der Waals surface area contributed by atoms with Crippen LogP contribution in [0.1, 0.15) is 21.6 Å². The zero-order valence-corrected chi connectivity index (χ0v) is 12.4. The van der Waals surface area contributed by atoms with Gasteiger partial charge < -0.3 is 13.9 Å². The molecular formula is C17H16N2O3. The predicted molar refractivity (Wildman–Crippen MR) is 82.3 cm³/mol. The van der Waals surface area contributed by atoms with E-state index in [1.807, 2.05) is 41.1 Å². The van der Waals surface area contributed by atoms with E-state index in [2.05, 4.69) is 4.98 Å². The molecule has 0 radical (unpaired) electrons. The first-order valence-corrected chi connectivity index (χ1v) is 6.89. The summed E-state index contributed by atoms with van der Waals surface area (Å²) in [5.74, 6) is 0.443. The second-order valence-electron chi connectivity index (χ2n) is 4.90. The minimum Gasteiger partial charge on any atom is -0.497 e. The Morgan fingerprint density at radius 3 is 2.64 bits per heavy atom. The number of nitrogens with zero attached hydrogens (tertiary/aromatic N) is 2. The Labute approximate surface area is 128 Å². The van der Waals surface area contributed by atoms with Crippen molar-refractivity contribution in [3.63, 3.8) is 0 Å². The Morgan fingerprint density at radius 2 is 1.95 bits per heavy atom. The lowest BCUT2D eigenvalue weighted by Gasteiger charge is -2.01. The van der Waals surface area contributed by atoms with Crippen molar-refractivity contribution < 1.29 is 14.3 Å². The van der Waals surface area contributed by atoms with Gasteiger partial charge in [0.15, 0.2) is 5.65 Å². The molecule has 0 unspecified atom stereocenters. The summed E-state index contributed by atoms with van der Waals surface area (Å²) in [5.41, 5.74) is 3.09. The Balaban J connectivity index is 1.93. The summed E-state index contributed by atoms with van der Waals surface area (Å²) in [6, 6.07) is 11.4. The molecule has 0 saturated heterocycles. The van der Waals surface area contributed by atoms with Crippen molar-refractivity contribution in [3.05, 3.63) is 65.6 Å². The van der Waals surface area contributed by atoms with E-state index in [9.17, 15) is 4.79 Å². The second kappa shape index (κ2) is 5.89. The van der Waals surface area contributed by atoms with Gasteiger partial charge in [0.1, 0.15) is 11.3 Å². The number of benzene rings is 1. The van der Waals surface area contributed by atoms with E-state index in [1.165, 1.54) is 7.11 Å². The van der Waals surface area contributed by atoms with Crippen LogP contribution in [0.2, 0.25) is 0 Å². The van der Waals surface area contributed by atoms with Gasteiger partial charge in [-0.25, -0.2) is 9.78 Å². The van der Waals surface area contributed by atoms with E-state index in [0.717, 1.165) is 17.0 Å². The number of imidazole rings is 1. The number of methoxy groups -OCH3 is 2. The predicted octanol–water partition coefficient (Wildman–Crippen LogP) is 2.72. The third-order valence-electron chi connectivity index (χ3n) is 3.48. The van der Waals surface area contributed by atoms with Crippen LogP contribution in [0.25, 0.3) is 5.65 Å². The van der Waals surface area contributed by atoms with Crippen LogP contribution in [-0.4, -0.2) is 29.6 Å². The van der Waals surface area contributed by atoms with E-state index in [0.29, 0.717) is 17.6 Å². The van der Waals surface area contributed by atoms with Crippen LogP contribution in [-0.2, 0) is 11.2 Å². The quantitative estimate of drug-likeness (QED) is 0.695. The monoisotopic (exact) mass is 296 g/mol. The minimum absolute atomic E-state index is 0.382. The molecule has 112 valence electrons. The SMILES string of the molecule is COC(=O)c1cccn2cc(Cc3ccc(OC)cc3)nc12. The minimum atomic E-state index is -0.382. The maximum Gasteiger partial charge on any atom is 0.341 e. The number of hydrogen-bond donors (Lipinski definition) is 0. The van der Waals surface area contributed by atoms with Gasteiger partial charge in [-0.2, -0.15) is 0 Å². The topological polar surface area (TPSA) is 52.8 Å². The van der Waals surface area contributed by atoms with Crippen LogP contribution in [0.15, 0.2) is 48.8 Å². The molecule has 22 heavy (non-hydrogen) atoms. The van der Waals surface area contributed by atoms with Crippen molar-refractivity contribution in [1.29, 1.82) is 0 Å². The fourth-order valence-corrected chi connectivity index (χ4v) is 2.37. The zero-order chi connectivity index (χ0) is 15.5. The van der Waals surface area contributed by atoms with Crippen molar-refractivity contribution >= 4 is 11.6 Å². The summed E-state index contributed by atoms with van der Waals surface area (Å²) in [5, 5.41) is 0. The van der Waals surface area contributed by atoms with Gasteiger partial charge in [0.2, 0.25) is 0 Å². The number of ether oxygens (including phenoxy) is 2. The summed E-state index contributed by atoms with van der Waals surface area (Å²) in [7, 11) is 3.01. The lowest BCUT2D eigenvalue weighted by Crippen LogP contribution is -2.03. The summed E-state index contributed by atoms with van der Waals surface area (Å²) >= 11 is 0. The maximum atomic E-state index is 11.8. The van der Waals surface area contributed by atoms with Crippen molar-refractivity contribution in [2.24, 2.45) is 0 Å². The molecule has 0 aliphatic carbocycles. The first-order valence-electron chi connectivity index (χ1n) is 6.89. The molecule has 0 aliphatic rings. The molecule has 0 fully saturated rings. The van der Waals surface area contributed by atoms with Crippen LogP contribution in [0.5, 0.6) is 5.75 Å². The second-order valence-corrected chi connectivity index (χ2v) is 4.90. The van der Waals surface area contributed by atoms with Gasteiger partial charge in [0.25, 0.3) is 0 Å². The van der Waals surface area contributed by atoms with Crippen molar-refractivity contribution in [2.75, 3.05) is 14.2 Å². The van der Waals surface area contributed by atoms with Crippen molar-refractivity contribution in [1.82, 2.24) is 9.38 Å². The number of carbonyl (C=O) groups is 1. The molecule has 0 amide bonds. The molecule has 0 spiro atoms. The third kappa shape index (κ3) is 2.65. The molecular weight excluding hydrogens is 280 g/mol. The summed E-state index contributed by atoms with van der Waals surface area (Å²) < 4.78 is 11.8. The number of carbonyl (C=O) groups excluding carboxylic acids is 1. The number of aromatic nitrogens is 2. The van der Waals surface area contributed by atoms with E-state index >= 15 is 0 Å². The number of pyridine rings is 1. The highest BCUT2D eigenvalue weighted by molar-refractivity contribution is 5.95. The number of fused-ring (bicyclic) bond motifs is 1. The molecule has 0 atom stereocenters. The molecule has 0 saturated carbocycles. The summed E-state index contributed by atoms with van der Waals surface area (Å²) in [6.07, 6.45) is 4.48. The van der Waals surface area contributed by atoms with E-state index in [-0.39, 0.29) is 5.97 Å². The highest BCUT2D eigenvalue weighted by atomic mass is 16.5. The van der Waals surface area contributed by atoms with Crippen LogP contribution in [0.4, 0.5) is 0 Å². The largest absolute Gasteiger partial charge is 0.497 e. The van der Waals surface area contributed by atoms with Crippen LogP contribution >= 0.6 is 0 Å². The Kier molecular flexibility index (Phi) is 3.78. The molecule has 0 bridgehead atoms. The average molecular weight is 296 g/mol. The summed E-state index contributed by atoms with van der Waals surface area (Å²) in [6.45, 7) is 0. The average Bonchev–Trinajstić information content (AvgIpc) is 2.97. The first kappa shape index (κ1) is 14.1. The van der Waals surface area contributed by atoms with Crippen molar-refractivity contribution in [3.8, 4) is 5.75 Å². The van der Waals surface area contributed by atoms with Crippen LogP contribution in [0.3, 0.4) is 0 Å². The lowest BCUT2D eigenvalue weighted by atomic mass is 10.1. The zero-order valence-electron chi connectivity index (χ0n) is 12.4. The molecule has 0 N–H and O–H groups in total. The molecule has 2 aromatic heterocycles. The molecule has 5 nitrogen and oxygen atoms in total. The van der Waals surface area contributed by atoms with Gasteiger partial charge in [0.05, 0.1) is 19.9 Å². The highest BCUT2D eigenvalue weighted by Crippen LogP contribution is 2.17. The summed E-state index contributed by atoms with van der Waals surface area (Å²) in [4.78, 5) is 16.3. The van der Waals surface area contributed by atoms with Gasteiger partial charge in [-0.3, -0.25) is 0 Å². The third-order valence-corrected chi connectivity index (χ3v) is 3.48. The normalized spacial score (nSPS) is 10.6. The van der Waals surface area contributed by atoms with E-state index < -0.39 is 0 Å². The van der Waals surface area contributed by atoms with Gasteiger partial charge in [-0.15, -0.1) is 0 Å². The van der Waals surface area contributed by atoms with E-state index in [4.69, 9.17) is 9.47 Å². The smallest absolute Gasteiger partial charge is 0.341 e. The van der Waals surface area contributed by atoms with Gasteiger partial charge in [0, 0.05) is 18.8 Å². The van der Waals surface area contributed by atoms with Gasteiger partial charge in [-0.05, 0) is 29.8 Å². The maximum absolute atomic E-state index is 11.8. The Hall–Kier alpha value is -2.82. The fraction of sp³-hybridized carbons (Fsp3) is 0.176. The molecule has 0 aliphatic heterocycles. The Morgan fingerprint density at radius 1 is 1.18 bits per heavy atom. The first-order chi connectivity index (χ1) is 10.7. The molecule has 2 heterocycles. The molecule has 3 aromatic rings. The number of hydrogen-bond acceptors (Lipinski definition) is 4. The highest BCUT2D eigenvalue weighted by Gasteiger charge is 2.13. The van der Waals surface area contributed by atoms with Crippen LogP contribution in [0, 0.1) is 0 Å². The number of rotatable bonds is 4. The van der Waals surface area contributed by atoms with Crippen LogP contribution < -0.4 is 4.74 Å². The molecule has 3 rings (SSSR count). The fourth-order valence-electron chi connectivity index (χ4n) is 2.37. The number of esters is 1. The molecule has 1 aromatic carbocycles. The van der Waals surface area contributed by atoms with E-state index in [1.54, 1.807) is 19.2 Å². The van der Waals surface area contributed by atoms with Gasteiger partial charge in [-0.1, -0.05) is 12.1 Å².